The summed E-state index contributed by atoms with van der Waals surface area (Å²) in [6.07, 6.45) is 2.94. The van der Waals surface area contributed by atoms with Gasteiger partial charge in [0.25, 0.3) is 0 Å². The molecule has 1 rings (SSSR count). The zero-order valence-corrected chi connectivity index (χ0v) is 14.5. The fourth-order valence-electron chi connectivity index (χ4n) is 2.09. The molecule has 0 radical (unpaired) electrons. The fourth-order valence-corrected chi connectivity index (χ4v) is 2.09. The highest BCUT2D eigenvalue weighted by atomic mass is 19.1. The summed E-state index contributed by atoms with van der Waals surface area (Å²) in [5.41, 5.74) is 0.687. The molecule has 138 valence electrons. The van der Waals surface area contributed by atoms with Crippen molar-refractivity contribution in [3.8, 4) is 0 Å². The normalized spacial score (nSPS) is 12.2. The van der Waals surface area contributed by atoms with Gasteiger partial charge in [-0.3, -0.25) is 9.59 Å². The lowest BCUT2D eigenvalue weighted by molar-refractivity contribution is -0.146. The Hall–Kier alpha value is -2.25. The van der Waals surface area contributed by atoms with Gasteiger partial charge in [0.15, 0.2) is 0 Å². The van der Waals surface area contributed by atoms with Gasteiger partial charge in [0.1, 0.15) is 5.82 Å². The number of hydrogen-bond donors (Lipinski definition) is 1. The number of ether oxygens (including phenoxy) is 2. The molecule has 0 bridgehead atoms. The standard InChI is InChI=1S/C18H24FNO5/c1-14(18(23)24-2)13-20(9-11-25-12-10-21)17(22)8-5-15-3-6-16(19)7-4-15/h3-8,14,21H,9-13H2,1-2H3/b8-5+. The molecule has 0 aromatic heterocycles. The predicted molar refractivity (Wildman–Crippen MR) is 91.1 cm³/mol. The number of hydrogen-bond acceptors (Lipinski definition) is 5. The maximum atomic E-state index is 12.9. The van der Waals surface area contributed by atoms with Crippen LogP contribution >= 0.6 is 0 Å². The third-order valence-corrected chi connectivity index (χ3v) is 3.44. The molecule has 0 aliphatic heterocycles. The molecular formula is C18H24FNO5. The van der Waals surface area contributed by atoms with Crippen LogP contribution in [0.5, 0.6) is 0 Å². The van der Waals surface area contributed by atoms with Gasteiger partial charge in [-0.1, -0.05) is 19.1 Å². The van der Waals surface area contributed by atoms with Gasteiger partial charge in [-0.15, -0.1) is 0 Å². The van der Waals surface area contributed by atoms with Crippen LogP contribution in [0.25, 0.3) is 6.08 Å². The maximum Gasteiger partial charge on any atom is 0.310 e. The largest absolute Gasteiger partial charge is 0.469 e. The van der Waals surface area contributed by atoms with Crippen molar-refractivity contribution in [1.82, 2.24) is 4.90 Å². The van der Waals surface area contributed by atoms with E-state index in [0.29, 0.717) is 5.56 Å². The van der Waals surface area contributed by atoms with E-state index >= 15 is 0 Å². The van der Waals surface area contributed by atoms with Crippen LogP contribution in [-0.4, -0.2) is 61.9 Å². The SMILES string of the molecule is COC(=O)C(C)CN(CCOCCO)C(=O)/C=C/c1ccc(F)cc1. The van der Waals surface area contributed by atoms with Gasteiger partial charge >= 0.3 is 5.97 Å². The van der Waals surface area contributed by atoms with Crippen LogP contribution < -0.4 is 0 Å². The number of rotatable bonds is 10. The highest BCUT2D eigenvalue weighted by molar-refractivity contribution is 5.92. The number of esters is 1. The van der Waals surface area contributed by atoms with E-state index in [0.717, 1.165) is 0 Å². The Morgan fingerprint density at radius 1 is 1.28 bits per heavy atom. The molecule has 0 heterocycles. The van der Waals surface area contributed by atoms with Crippen LogP contribution in [0.3, 0.4) is 0 Å². The lowest BCUT2D eigenvalue weighted by atomic mass is 10.1. The number of aliphatic hydroxyl groups is 1. The molecule has 1 unspecified atom stereocenters. The summed E-state index contributed by atoms with van der Waals surface area (Å²) >= 11 is 0. The Kier molecular flexibility index (Phi) is 9.42. The molecule has 6 nitrogen and oxygen atoms in total. The molecule has 1 aromatic carbocycles. The predicted octanol–water partition coefficient (Wildman–Crippen LogP) is 1.49. The average Bonchev–Trinajstić information content (AvgIpc) is 2.62. The molecule has 0 aliphatic carbocycles. The van der Waals surface area contributed by atoms with E-state index < -0.39 is 11.9 Å². The van der Waals surface area contributed by atoms with Crippen molar-refractivity contribution in [3.63, 3.8) is 0 Å². The Labute approximate surface area is 146 Å². The number of amides is 1. The molecule has 0 saturated carbocycles. The molecular weight excluding hydrogens is 329 g/mol. The highest BCUT2D eigenvalue weighted by Gasteiger charge is 2.20. The second-order valence-electron chi connectivity index (χ2n) is 5.43. The molecule has 1 amide bonds. The second-order valence-corrected chi connectivity index (χ2v) is 5.43. The minimum absolute atomic E-state index is 0.100. The summed E-state index contributed by atoms with van der Waals surface area (Å²) in [6, 6.07) is 5.74. The van der Waals surface area contributed by atoms with Gasteiger partial charge < -0.3 is 19.5 Å². The van der Waals surface area contributed by atoms with E-state index in [1.54, 1.807) is 25.1 Å². The van der Waals surface area contributed by atoms with Crippen molar-refractivity contribution in [3.05, 3.63) is 41.7 Å². The second kappa shape index (κ2) is 11.3. The third kappa shape index (κ3) is 7.91. The average molecular weight is 353 g/mol. The first-order valence-electron chi connectivity index (χ1n) is 7.97. The van der Waals surface area contributed by atoms with Crippen LogP contribution in [0.2, 0.25) is 0 Å². The lowest BCUT2D eigenvalue weighted by Crippen LogP contribution is -2.38. The monoisotopic (exact) mass is 353 g/mol. The first kappa shape index (κ1) is 20.8. The van der Waals surface area contributed by atoms with Crippen molar-refractivity contribution >= 4 is 18.0 Å². The molecule has 0 spiro atoms. The minimum atomic E-state index is -0.481. The number of benzene rings is 1. The van der Waals surface area contributed by atoms with E-state index in [1.165, 1.54) is 30.2 Å². The van der Waals surface area contributed by atoms with Gasteiger partial charge in [0.2, 0.25) is 5.91 Å². The zero-order chi connectivity index (χ0) is 18.7. The highest BCUT2D eigenvalue weighted by Crippen LogP contribution is 2.07. The van der Waals surface area contributed by atoms with Crippen molar-refractivity contribution < 1.29 is 28.6 Å². The zero-order valence-electron chi connectivity index (χ0n) is 14.5. The Bertz CT molecular complexity index is 573. The first-order chi connectivity index (χ1) is 12.0. The Balaban J connectivity index is 2.72. The molecule has 0 saturated heterocycles. The summed E-state index contributed by atoms with van der Waals surface area (Å²) < 4.78 is 22.8. The van der Waals surface area contributed by atoms with Crippen LogP contribution in [0.15, 0.2) is 30.3 Å². The number of halogens is 1. The van der Waals surface area contributed by atoms with E-state index in [-0.39, 0.29) is 44.6 Å². The van der Waals surface area contributed by atoms with Crippen LogP contribution in [-0.2, 0) is 19.1 Å². The van der Waals surface area contributed by atoms with Gasteiger partial charge in [0.05, 0.1) is 32.8 Å². The summed E-state index contributed by atoms with van der Waals surface area (Å²) in [6.45, 7) is 2.45. The first-order valence-corrected chi connectivity index (χ1v) is 7.97. The number of carbonyl (C=O) groups excluding carboxylic acids is 2. The van der Waals surface area contributed by atoms with Crippen molar-refractivity contribution in [2.45, 2.75) is 6.92 Å². The van der Waals surface area contributed by atoms with Gasteiger partial charge in [-0.2, -0.15) is 0 Å². The van der Waals surface area contributed by atoms with Crippen LogP contribution in [0.4, 0.5) is 4.39 Å². The summed E-state index contributed by atoms with van der Waals surface area (Å²) in [5, 5.41) is 8.72. The summed E-state index contributed by atoms with van der Waals surface area (Å²) in [4.78, 5) is 25.5. The van der Waals surface area contributed by atoms with Crippen LogP contribution in [0, 0.1) is 11.7 Å². The summed E-state index contributed by atoms with van der Waals surface area (Å²) in [7, 11) is 1.30. The van der Waals surface area contributed by atoms with Gasteiger partial charge in [-0.25, -0.2) is 4.39 Å². The number of nitrogens with zero attached hydrogens (tertiary/aromatic N) is 1. The third-order valence-electron chi connectivity index (χ3n) is 3.44. The summed E-state index contributed by atoms with van der Waals surface area (Å²) in [5.74, 6) is -1.53. The topological polar surface area (TPSA) is 76.1 Å². The molecule has 1 N–H and O–H groups in total. The van der Waals surface area contributed by atoms with Crippen molar-refractivity contribution in [1.29, 1.82) is 0 Å². The van der Waals surface area contributed by atoms with Crippen molar-refractivity contribution in [2.75, 3.05) is 40.0 Å². The quantitative estimate of drug-likeness (QED) is 0.392. The molecule has 1 aromatic rings. The Morgan fingerprint density at radius 3 is 2.56 bits per heavy atom. The van der Waals surface area contributed by atoms with Crippen LogP contribution in [0.1, 0.15) is 12.5 Å². The number of aliphatic hydroxyl groups excluding tert-OH is 1. The van der Waals surface area contributed by atoms with E-state index in [2.05, 4.69) is 4.74 Å². The lowest BCUT2D eigenvalue weighted by Gasteiger charge is -2.23. The molecule has 1 atom stereocenters. The smallest absolute Gasteiger partial charge is 0.310 e. The fraction of sp³-hybridized carbons (Fsp3) is 0.444. The molecule has 0 aliphatic rings. The number of methoxy groups -OCH3 is 1. The van der Waals surface area contributed by atoms with Crippen molar-refractivity contribution in [2.24, 2.45) is 5.92 Å². The van der Waals surface area contributed by atoms with Gasteiger partial charge in [0, 0.05) is 19.2 Å². The van der Waals surface area contributed by atoms with E-state index in [9.17, 15) is 14.0 Å². The van der Waals surface area contributed by atoms with E-state index in [1.807, 2.05) is 0 Å². The molecule has 7 heteroatoms. The maximum absolute atomic E-state index is 12.9. The molecule has 0 fully saturated rings. The number of carbonyl (C=O) groups is 2. The molecule has 25 heavy (non-hydrogen) atoms. The van der Waals surface area contributed by atoms with E-state index in [4.69, 9.17) is 9.84 Å². The Morgan fingerprint density at radius 2 is 1.96 bits per heavy atom. The van der Waals surface area contributed by atoms with Gasteiger partial charge in [-0.05, 0) is 23.8 Å². The minimum Gasteiger partial charge on any atom is -0.469 e.